The van der Waals surface area contributed by atoms with E-state index in [0.717, 1.165) is 30.5 Å². The molecule has 0 saturated heterocycles. The molecule has 5 aromatic rings. The van der Waals surface area contributed by atoms with Crippen molar-refractivity contribution < 1.29 is 9.72 Å². The van der Waals surface area contributed by atoms with Gasteiger partial charge in [0.15, 0.2) is 0 Å². The Morgan fingerprint density at radius 1 is 1.03 bits per heavy atom. The maximum atomic E-state index is 12.8. The van der Waals surface area contributed by atoms with E-state index < -0.39 is 4.92 Å². The van der Waals surface area contributed by atoms with Gasteiger partial charge in [-0.05, 0) is 35.7 Å². The highest BCUT2D eigenvalue weighted by Crippen LogP contribution is 2.38. The molecule has 0 aliphatic carbocycles. The average Bonchev–Trinajstić information content (AvgIpc) is 3.44. The number of nitrogens with zero attached hydrogens (tertiary/aromatic N) is 2. The number of hydrogen-bond acceptors (Lipinski definition) is 7. The zero-order valence-corrected chi connectivity index (χ0v) is 17.1. The lowest BCUT2D eigenvalue weighted by Crippen LogP contribution is -2.09. The zero-order chi connectivity index (χ0) is 20.0. The minimum absolute atomic E-state index is 0.0126. The first-order valence-electron chi connectivity index (χ1n) is 8.51. The van der Waals surface area contributed by atoms with Gasteiger partial charge in [0.2, 0.25) is 0 Å². The number of nitro benzene ring substituents is 1. The summed E-state index contributed by atoms with van der Waals surface area (Å²) >= 11 is 4.33. The Balaban J connectivity index is 1.45. The summed E-state index contributed by atoms with van der Waals surface area (Å²) in [6, 6.07) is 16.2. The van der Waals surface area contributed by atoms with E-state index in [9.17, 15) is 14.9 Å². The highest BCUT2D eigenvalue weighted by atomic mass is 32.1. The summed E-state index contributed by atoms with van der Waals surface area (Å²) in [5.41, 5.74) is 1.84. The molecule has 142 valence electrons. The number of non-ortho nitro benzene ring substituents is 1. The number of nitro groups is 1. The van der Waals surface area contributed by atoms with Crippen LogP contribution in [0, 0.1) is 10.1 Å². The van der Waals surface area contributed by atoms with Crippen LogP contribution in [-0.4, -0.2) is 15.8 Å². The van der Waals surface area contributed by atoms with Crippen LogP contribution in [0.3, 0.4) is 0 Å². The van der Waals surface area contributed by atoms with Crippen molar-refractivity contribution in [2.24, 2.45) is 0 Å². The Hall–Kier alpha value is -3.14. The monoisotopic (exact) mass is 437 g/mol. The molecule has 0 unspecified atom stereocenters. The van der Waals surface area contributed by atoms with E-state index in [1.165, 1.54) is 34.8 Å². The number of rotatable bonds is 4. The fourth-order valence-electron chi connectivity index (χ4n) is 2.98. The summed E-state index contributed by atoms with van der Waals surface area (Å²) in [7, 11) is 0. The van der Waals surface area contributed by atoms with Crippen LogP contribution in [0.15, 0.2) is 60.0 Å². The van der Waals surface area contributed by atoms with Crippen LogP contribution in [0.5, 0.6) is 0 Å². The number of amides is 1. The van der Waals surface area contributed by atoms with E-state index >= 15 is 0 Å². The number of nitrogens with one attached hydrogen (secondary N) is 1. The number of benzene rings is 2. The van der Waals surface area contributed by atoms with Crippen LogP contribution in [0.2, 0.25) is 0 Å². The Bertz CT molecular complexity index is 1370. The largest absolute Gasteiger partial charge is 0.312 e. The second kappa shape index (κ2) is 7.03. The third-order valence-electron chi connectivity index (χ3n) is 4.35. The van der Waals surface area contributed by atoms with Crippen molar-refractivity contribution in [2.75, 3.05) is 5.32 Å². The number of carbonyl (C=O) groups is 1. The van der Waals surface area contributed by atoms with Crippen molar-refractivity contribution in [1.82, 2.24) is 4.98 Å². The van der Waals surface area contributed by atoms with Crippen LogP contribution in [0.25, 0.3) is 30.9 Å². The Morgan fingerprint density at radius 2 is 1.90 bits per heavy atom. The SMILES string of the molecule is O=C(Nc1sccc1-c1nc2ccccc2s1)c1cc2cc([N+](=O)[O-])ccc2s1. The number of aromatic nitrogens is 1. The summed E-state index contributed by atoms with van der Waals surface area (Å²) in [5.74, 6) is -0.237. The highest BCUT2D eigenvalue weighted by Gasteiger charge is 2.17. The van der Waals surface area contributed by atoms with E-state index in [4.69, 9.17) is 0 Å². The summed E-state index contributed by atoms with van der Waals surface area (Å²) < 4.78 is 1.93. The quantitative estimate of drug-likeness (QED) is 0.260. The van der Waals surface area contributed by atoms with Crippen molar-refractivity contribution in [3.05, 3.63) is 75.0 Å². The predicted molar refractivity (Wildman–Crippen MR) is 119 cm³/mol. The number of thiazole rings is 1. The third-order valence-corrected chi connectivity index (χ3v) is 7.37. The van der Waals surface area contributed by atoms with E-state index in [1.807, 2.05) is 35.7 Å². The summed E-state index contributed by atoms with van der Waals surface area (Å²) in [6.07, 6.45) is 0. The number of hydrogen-bond donors (Lipinski definition) is 1. The number of carbonyl (C=O) groups excluding carboxylic acids is 1. The Morgan fingerprint density at radius 3 is 2.72 bits per heavy atom. The van der Waals surface area contributed by atoms with Crippen LogP contribution in [0.1, 0.15) is 9.67 Å². The van der Waals surface area contributed by atoms with Crippen LogP contribution >= 0.6 is 34.0 Å². The van der Waals surface area contributed by atoms with Crippen LogP contribution in [0.4, 0.5) is 10.7 Å². The molecule has 0 radical (unpaired) electrons. The van der Waals surface area contributed by atoms with Gasteiger partial charge in [0.05, 0.1) is 20.0 Å². The first kappa shape index (κ1) is 17.9. The van der Waals surface area contributed by atoms with E-state index in [1.54, 1.807) is 23.5 Å². The standard InChI is InChI=1S/C20H11N3O3S3/c24-18(17-10-11-9-12(23(25)26)5-6-15(11)28-17)22-19-13(7-8-27-19)20-21-14-3-1-2-4-16(14)29-20/h1-10H,(H,22,24). The predicted octanol–water partition coefficient (Wildman–Crippen LogP) is 6.40. The lowest BCUT2D eigenvalue weighted by atomic mass is 10.2. The molecule has 3 heterocycles. The lowest BCUT2D eigenvalue weighted by Gasteiger charge is -2.02. The van der Waals surface area contributed by atoms with Crippen molar-refractivity contribution in [3.8, 4) is 10.6 Å². The first-order valence-corrected chi connectivity index (χ1v) is 11.0. The molecule has 0 saturated carbocycles. The smallest absolute Gasteiger partial charge is 0.270 e. The third kappa shape index (κ3) is 3.29. The van der Waals surface area contributed by atoms with E-state index in [2.05, 4.69) is 10.3 Å². The molecular formula is C20H11N3O3S3. The maximum absolute atomic E-state index is 12.8. The molecule has 0 spiro atoms. The molecule has 3 aromatic heterocycles. The molecule has 1 N–H and O–H groups in total. The van der Waals surface area contributed by atoms with Crippen LogP contribution in [-0.2, 0) is 0 Å². The number of anilines is 1. The van der Waals surface area contributed by atoms with Gasteiger partial charge in [-0.1, -0.05) is 12.1 Å². The summed E-state index contributed by atoms with van der Waals surface area (Å²) in [5, 5.41) is 18.1. The lowest BCUT2D eigenvalue weighted by molar-refractivity contribution is -0.384. The zero-order valence-electron chi connectivity index (χ0n) is 14.6. The van der Waals surface area contributed by atoms with Crippen LogP contribution < -0.4 is 5.32 Å². The van der Waals surface area contributed by atoms with Gasteiger partial charge < -0.3 is 5.32 Å². The molecule has 0 fully saturated rings. The minimum atomic E-state index is -0.438. The molecule has 2 aromatic carbocycles. The minimum Gasteiger partial charge on any atom is -0.312 e. The van der Waals surface area contributed by atoms with Gasteiger partial charge in [-0.2, -0.15) is 0 Å². The number of thiophene rings is 2. The molecule has 29 heavy (non-hydrogen) atoms. The first-order chi connectivity index (χ1) is 14.1. The summed E-state index contributed by atoms with van der Waals surface area (Å²) in [6.45, 7) is 0. The molecule has 0 atom stereocenters. The maximum Gasteiger partial charge on any atom is 0.270 e. The molecule has 1 amide bonds. The summed E-state index contributed by atoms with van der Waals surface area (Å²) in [4.78, 5) is 28.5. The topological polar surface area (TPSA) is 85.1 Å². The fourth-order valence-corrected chi connectivity index (χ4v) is 5.77. The molecule has 0 aliphatic heterocycles. The van der Waals surface area contributed by atoms with Gasteiger partial charge in [-0.3, -0.25) is 14.9 Å². The molecular weight excluding hydrogens is 426 g/mol. The van der Waals surface area contributed by atoms with Crippen molar-refractivity contribution in [2.45, 2.75) is 0 Å². The van der Waals surface area contributed by atoms with Gasteiger partial charge in [0.25, 0.3) is 11.6 Å². The van der Waals surface area contributed by atoms with Crippen molar-refractivity contribution >= 4 is 70.9 Å². The fraction of sp³-hybridized carbons (Fsp3) is 0. The normalized spacial score (nSPS) is 11.2. The molecule has 9 heteroatoms. The molecule has 6 nitrogen and oxygen atoms in total. The molecule has 0 bridgehead atoms. The van der Waals surface area contributed by atoms with E-state index in [-0.39, 0.29) is 11.6 Å². The second-order valence-corrected chi connectivity index (χ2v) is 9.22. The average molecular weight is 438 g/mol. The molecule has 0 aliphatic rings. The number of fused-ring (bicyclic) bond motifs is 2. The van der Waals surface area contributed by atoms with Gasteiger partial charge in [-0.25, -0.2) is 4.98 Å². The molecule has 5 rings (SSSR count). The van der Waals surface area contributed by atoms with Gasteiger partial charge in [0, 0.05) is 27.8 Å². The van der Waals surface area contributed by atoms with Gasteiger partial charge in [0.1, 0.15) is 10.0 Å². The van der Waals surface area contributed by atoms with Crippen molar-refractivity contribution in [1.29, 1.82) is 0 Å². The van der Waals surface area contributed by atoms with Gasteiger partial charge >= 0.3 is 0 Å². The second-order valence-electron chi connectivity index (χ2n) is 6.19. The van der Waals surface area contributed by atoms with Crippen molar-refractivity contribution in [3.63, 3.8) is 0 Å². The van der Waals surface area contributed by atoms with E-state index in [0.29, 0.717) is 10.3 Å². The Kier molecular flexibility index (Phi) is 4.35. The Labute approximate surface area is 176 Å². The highest BCUT2D eigenvalue weighted by molar-refractivity contribution is 7.22. The van der Waals surface area contributed by atoms with Gasteiger partial charge in [-0.15, -0.1) is 34.0 Å². The number of para-hydroxylation sites is 1.